The first-order valence-electron chi connectivity index (χ1n) is 6.00. The summed E-state index contributed by atoms with van der Waals surface area (Å²) >= 11 is 0. The average molecular weight is 242 g/mol. The monoisotopic (exact) mass is 242 g/mol. The summed E-state index contributed by atoms with van der Waals surface area (Å²) in [4.78, 5) is 23.2. The molecular formula is C12H22N2O3. The molecule has 5 heteroatoms. The maximum Gasteiger partial charge on any atom is 0.329 e. The summed E-state index contributed by atoms with van der Waals surface area (Å²) in [6.07, 6.45) is 2.64. The number of carboxylic acid groups (broad SMARTS) is 1. The highest BCUT2D eigenvalue weighted by atomic mass is 16.4. The van der Waals surface area contributed by atoms with E-state index >= 15 is 0 Å². The van der Waals surface area contributed by atoms with E-state index in [1.165, 1.54) is 0 Å². The molecule has 1 atom stereocenters. The minimum absolute atomic E-state index is 0.373. The maximum atomic E-state index is 12.0. The van der Waals surface area contributed by atoms with E-state index in [1.54, 1.807) is 0 Å². The van der Waals surface area contributed by atoms with E-state index in [-0.39, 0.29) is 11.3 Å². The summed E-state index contributed by atoms with van der Waals surface area (Å²) in [6, 6.07) is -0.695. The van der Waals surface area contributed by atoms with Gasteiger partial charge in [-0.25, -0.2) is 4.79 Å². The lowest BCUT2D eigenvalue weighted by molar-refractivity contribution is -0.148. The third kappa shape index (κ3) is 2.97. The van der Waals surface area contributed by atoms with E-state index in [0.29, 0.717) is 12.8 Å². The molecule has 5 nitrogen and oxygen atoms in total. The van der Waals surface area contributed by atoms with Crippen LogP contribution in [-0.4, -0.2) is 28.6 Å². The van der Waals surface area contributed by atoms with Crippen LogP contribution in [0.1, 0.15) is 46.5 Å². The topological polar surface area (TPSA) is 92.4 Å². The molecule has 1 rings (SSSR count). The molecule has 1 aliphatic rings. The van der Waals surface area contributed by atoms with Crippen LogP contribution >= 0.6 is 0 Å². The first-order valence-corrected chi connectivity index (χ1v) is 6.00. The van der Waals surface area contributed by atoms with Crippen molar-refractivity contribution in [3.05, 3.63) is 0 Å². The second kappa shape index (κ2) is 4.64. The zero-order chi connectivity index (χ0) is 13.3. The molecule has 0 radical (unpaired) electrons. The van der Waals surface area contributed by atoms with Crippen LogP contribution in [0.25, 0.3) is 0 Å². The van der Waals surface area contributed by atoms with Gasteiger partial charge in [0.2, 0.25) is 5.91 Å². The van der Waals surface area contributed by atoms with Crippen molar-refractivity contribution >= 4 is 11.9 Å². The van der Waals surface area contributed by atoms with Crippen LogP contribution in [0.3, 0.4) is 0 Å². The number of carbonyl (C=O) groups excluding carboxylic acids is 1. The van der Waals surface area contributed by atoms with Crippen LogP contribution in [0.15, 0.2) is 0 Å². The lowest BCUT2D eigenvalue weighted by Gasteiger charge is -2.31. The molecule has 4 N–H and O–H groups in total. The van der Waals surface area contributed by atoms with Gasteiger partial charge in [-0.2, -0.15) is 0 Å². The molecule has 0 aromatic heterocycles. The number of nitrogens with one attached hydrogen (secondary N) is 1. The van der Waals surface area contributed by atoms with Crippen LogP contribution in [-0.2, 0) is 9.59 Å². The average Bonchev–Trinajstić information content (AvgIpc) is 2.64. The minimum Gasteiger partial charge on any atom is -0.480 e. The second-order valence-corrected chi connectivity index (χ2v) is 5.93. The quantitative estimate of drug-likeness (QED) is 0.684. The fraction of sp³-hybridized carbons (Fsp3) is 0.833. The second-order valence-electron chi connectivity index (χ2n) is 5.93. The number of hydrogen-bond donors (Lipinski definition) is 3. The summed E-state index contributed by atoms with van der Waals surface area (Å²) < 4.78 is 0. The van der Waals surface area contributed by atoms with Crippen molar-refractivity contribution in [2.75, 3.05) is 0 Å². The maximum absolute atomic E-state index is 12.0. The molecule has 1 amide bonds. The summed E-state index contributed by atoms with van der Waals surface area (Å²) in [6.45, 7) is 5.58. The van der Waals surface area contributed by atoms with Crippen molar-refractivity contribution in [2.24, 2.45) is 11.1 Å². The van der Waals surface area contributed by atoms with Crippen molar-refractivity contribution in [1.29, 1.82) is 0 Å². The smallest absolute Gasteiger partial charge is 0.329 e. The zero-order valence-electron chi connectivity index (χ0n) is 10.7. The molecule has 1 saturated carbocycles. The highest BCUT2D eigenvalue weighted by Crippen LogP contribution is 2.30. The lowest BCUT2D eigenvalue weighted by atomic mass is 9.86. The Morgan fingerprint density at radius 1 is 1.29 bits per heavy atom. The van der Waals surface area contributed by atoms with Crippen LogP contribution in [0, 0.1) is 5.41 Å². The van der Waals surface area contributed by atoms with E-state index in [4.69, 9.17) is 5.73 Å². The summed E-state index contributed by atoms with van der Waals surface area (Å²) in [5.41, 5.74) is 4.36. The van der Waals surface area contributed by atoms with Gasteiger partial charge >= 0.3 is 5.97 Å². The molecule has 0 aromatic carbocycles. The first-order chi connectivity index (χ1) is 7.69. The molecule has 0 aliphatic heterocycles. The number of hydrogen-bond acceptors (Lipinski definition) is 3. The van der Waals surface area contributed by atoms with Gasteiger partial charge in [-0.1, -0.05) is 33.6 Å². The van der Waals surface area contributed by atoms with Gasteiger partial charge in [-0.05, 0) is 18.3 Å². The van der Waals surface area contributed by atoms with Crippen molar-refractivity contribution in [3.63, 3.8) is 0 Å². The molecule has 0 aromatic rings. The Hall–Kier alpha value is -1.10. The molecule has 0 spiro atoms. The summed E-state index contributed by atoms with van der Waals surface area (Å²) in [7, 11) is 0. The van der Waals surface area contributed by atoms with Crippen LogP contribution in [0.5, 0.6) is 0 Å². The molecule has 0 heterocycles. The fourth-order valence-corrected chi connectivity index (χ4v) is 2.08. The predicted molar refractivity (Wildman–Crippen MR) is 64.4 cm³/mol. The van der Waals surface area contributed by atoms with Gasteiger partial charge in [-0.15, -0.1) is 0 Å². The SMILES string of the molecule is CC(C)(C)[C@@H](N)C(=O)NC1(C(=O)O)CCCC1. The van der Waals surface area contributed by atoms with Gasteiger partial charge < -0.3 is 16.2 Å². The Bertz CT molecular complexity index is 314. The Labute approximate surface area is 102 Å². The number of amides is 1. The molecule has 1 fully saturated rings. The van der Waals surface area contributed by atoms with Gasteiger partial charge in [0.25, 0.3) is 0 Å². The van der Waals surface area contributed by atoms with Crippen LogP contribution in [0.2, 0.25) is 0 Å². The summed E-state index contributed by atoms with van der Waals surface area (Å²) in [5, 5.41) is 11.9. The third-order valence-corrected chi connectivity index (χ3v) is 3.44. The molecule has 1 aliphatic carbocycles. The Morgan fingerprint density at radius 3 is 2.12 bits per heavy atom. The highest BCUT2D eigenvalue weighted by molar-refractivity contribution is 5.90. The highest BCUT2D eigenvalue weighted by Gasteiger charge is 2.44. The normalized spacial score (nSPS) is 20.9. The van der Waals surface area contributed by atoms with Gasteiger partial charge in [-0.3, -0.25) is 4.79 Å². The molecule has 0 bridgehead atoms. The molecular weight excluding hydrogens is 220 g/mol. The van der Waals surface area contributed by atoms with E-state index in [0.717, 1.165) is 12.8 Å². The number of carboxylic acids is 1. The predicted octanol–water partition coefficient (Wildman–Crippen LogP) is 0.873. The number of rotatable bonds is 3. The Balaban J connectivity index is 2.76. The largest absolute Gasteiger partial charge is 0.480 e. The standard InChI is InChI=1S/C12H22N2O3/c1-11(2,3)8(13)9(15)14-12(10(16)17)6-4-5-7-12/h8H,4-7,13H2,1-3H3,(H,14,15)(H,16,17)/t8-/m0/s1. The van der Waals surface area contributed by atoms with Gasteiger partial charge in [0.15, 0.2) is 0 Å². The van der Waals surface area contributed by atoms with Crippen LogP contribution in [0.4, 0.5) is 0 Å². The molecule has 17 heavy (non-hydrogen) atoms. The Morgan fingerprint density at radius 2 is 1.76 bits per heavy atom. The van der Waals surface area contributed by atoms with Gasteiger partial charge in [0.05, 0.1) is 6.04 Å². The first kappa shape index (κ1) is 14.0. The molecule has 0 saturated heterocycles. The van der Waals surface area contributed by atoms with Crippen LogP contribution < -0.4 is 11.1 Å². The Kier molecular flexibility index (Phi) is 3.81. The minimum atomic E-state index is -1.10. The van der Waals surface area contributed by atoms with Gasteiger partial charge in [0.1, 0.15) is 5.54 Å². The zero-order valence-corrected chi connectivity index (χ0v) is 10.7. The van der Waals surface area contributed by atoms with Crippen molar-refractivity contribution in [2.45, 2.75) is 58.0 Å². The van der Waals surface area contributed by atoms with Crippen molar-refractivity contribution < 1.29 is 14.7 Å². The number of aliphatic carboxylic acids is 1. The molecule has 0 unspecified atom stereocenters. The lowest BCUT2D eigenvalue weighted by Crippen LogP contribution is -2.59. The number of carbonyl (C=O) groups is 2. The van der Waals surface area contributed by atoms with E-state index in [2.05, 4.69) is 5.32 Å². The summed E-state index contributed by atoms with van der Waals surface area (Å²) in [5.74, 6) is -1.33. The van der Waals surface area contributed by atoms with Crippen molar-refractivity contribution in [1.82, 2.24) is 5.32 Å². The van der Waals surface area contributed by atoms with E-state index < -0.39 is 17.6 Å². The van der Waals surface area contributed by atoms with E-state index in [9.17, 15) is 14.7 Å². The van der Waals surface area contributed by atoms with Crippen molar-refractivity contribution in [3.8, 4) is 0 Å². The fourth-order valence-electron chi connectivity index (χ4n) is 2.08. The molecule has 98 valence electrons. The third-order valence-electron chi connectivity index (χ3n) is 3.44. The number of nitrogens with two attached hydrogens (primary N) is 1. The van der Waals surface area contributed by atoms with Gasteiger partial charge in [0, 0.05) is 0 Å². The van der Waals surface area contributed by atoms with E-state index in [1.807, 2.05) is 20.8 Å².